The van der Waals surface area contributed by atoms with Crippen molar-refractivity contribution in [2.24, 2.45) is 11.3 Å². The summed E-state index contributed by atoms with van der Waals surface area (Å²) in [5, 5.41) is 3.68. The van der Waals surface area contributed by atoms with E-state index in [-0.39, 0.29) is 0 Å². The van der Waals surface area contributed by atoms with Gasteiger partial charge in [0.15, 0.2) is 0 Å². The molecule has 1 rings (SSSR count). The third-order valence-electron chi connectivity index (χ3n) is 2.82. The van der Waals surface area contributed by atoms with Gasteiger partial charge in [-0.15, -0.1) is 0 Å². The Bertz CT molecular complexity index is 149. The van der Waals surface area contributed by atoms with Gasteiger partial charge in [-0.1, -0.05) is 27.7 Å². The van der Waals surface area contributed by atoms with Gasteiger partial charge in [0.25, 0.3) is 0 Å². The highest BCUT2D eigenvalue weighted by Gasteiger charge is 2.45. The molecule has 1 N–H and O–H groups in total. The van der Waals surface area contributed by atoms with Crippen LogP contribution in [0.2, 0.25) is 0 Å². The molecule has 2 unspecified atom stereocenters. The second kappa shape index (κ2) is 3.37. The zero-order chi connectivity index (χ0) is 9.35. The van der Waals surface area contributed by atoms with Crippen LogP contribution in [0.25, 0.3) is 0 Å². The lowest BCUT2D eigenvalue weighted by Crippen LogP contribution is -2.31. The molecule has 0 amide bonds. The number of hydrogen-bond acceptors (Lipinski definition) is 1. The standard InChI is InChI=1S/C11H23N/c1-8(2)6-9(3)12-10-7-11(10,4)5/h8-10,12H,6-7H2,1-5H3. The van der Waals surface area contributed by atoms with Crippen LogP contribution in [0.5, 0.6) is 0 Å². The Hall–Kier alpha value is -0.0400. The van der Waals surface area contributed by atoms with E-state index >= 15 is 0 Å². The zero-order valence-electron chi connectivity index (χ0n) is 9.15. The molecule has 1 nitrogen and oxygen atoms in total. The van der Waals surface area contributed by atoms with Crippen molar-refractivity contribution in [3.8, 4) is 0 Å². The van der Waals surface area contributed by atoms with E-state index in [1.807, 2.05) is 0 Å². The predicted molar refractivity (Wildman–Crippen MR) is 54.2 cm³/mol. The lowest BCUT2D eigenvalue weighted by molar-refractivity contribution is 0.414. The number of rotatable bonds is 4. The summed E-state index contributed by atoms with van der Waals surface area (Å²) < 4.78 is 0. The highest BCUT2D eigenvalue weighted by atomic mass is 15.0. The van der Waals surface area contributed by atoms with Crippen LogP contribution in [-0.4, -0.2) is 12.1 Å². The highest BCUT2D eigenvalue weighted by molar-refractivity contribution is 5.02. The van der Waals surface area contributed by atoms with Gasteiger partial charge in [0.05, 0.1) is 0 Å². The lowest BCUT2D eigenvalue weighted by atomic mass is 10.0. The molecule has 0 spiro atoms. The first-order valence-electron chi connectivity index (χ1n) is 5.18. The van der Waals surface area contributed by atoms with Crippen molar-refractivity contribution in [1.29, 1.82) is 0 Å². The van der Waals surface area contributed by atoms with Gasteiger partial charge < -0.3 is 5.32 Å². The largest absolute Gasteiger partial charge is 0.311 e. The Morgan fingerprint density at radius 3 is 2.17 bits per heavy atom. The Morgan fingerprint density at radius 2 is 1.83 bits per heavy atom. The molecule has 12 heavy (non-hydrogen) atoms. The van der Waals surface area contributed by atoms with Gasteiger partial charge >= 0.3 is 0 Å². The normalized spacial score (nSPS) is 29.0. The van der Waals surface area contributed by atoms with E-state index in [1.165, 1.54) is 12.8 Å². The molecule has 0 aromatic heterocycles. The molecule has 0 bridgehead atoms. The summed E-state index contributed by atoms with van der Waals surface area (Å²) in [5.74, 6) is 0.814. The van der Waals surface area contributed by atoms with E-state index in [4.69, 9.17) is 0 Å². The SMILES string of the molecule is CC(C)CC(C)NC1CC1(C)C. The molecule has 1 aliphatic rings. The van der Waals surface area contributed by atoms with Crippen molar-refractivity contribution in [2.75, 3.05) is 0 Å². The summed E-state index contributed by atoms with van der Waals surface area (Å²) in [6.45, 7) is 11.6. The van der Waals surface area contributed by atoms with Crippen molar-refractivity contribution in [3.05, 3.63) is 0 Å². The molecule has 1 aliphatic carbocycles. The Morgan fingerprint density at radius 1 is 1.33 bits per heavy atom. The van der Waals surface area contributed by atoms with Crippen LogP contribution in [0.1, 0.15) is 47.5 Å². The van der Waals surface area contributed by atoms with Gasteiger partial charge in [0, 0.05) is 12.1 Å². The van der Waals surface area contributed by atoms with Gasteiger partial charge in [-0.05, 0) is 31.1 Å². The van der Waals surface area contributed by atoms with E-state index in [9.17, 15) is 0 Å². The topological polar surface area (TPSA) is 12.0 Å². The van der Waals surface area contributed by atoms with Gasteiger partial charge in [-0.3, -0.25) is 0 Å². The fourth-order valence-corrected chi connectivity index (χ4v) is 1.87. The first-order chi connectivity index (χ1) is 5.42. The molecule has 1 saturated carbocycles. The average Bonchev–Trinajstić information content (AvgIpc) is 2.35. The Labute approximate surface area is 76.9 Å². The van der Waals surface area contributed by atoms with Crippen LogP contribution >= 0.6 is 0 Å². The van der Waals surface area contributed by atoms with Crippen molar-refractivity contribution >= 4 is 0 Å². The minimum Gasteiger partial charge on any atom is -0.311 e. The molecule has 0 aromatic carbocycles. The Balaban J connectivity index is 2.16. The quantitative estimate of drug-likeness (QED) is 0.682. The van der Waals surface area contributed by atoms with E-state index in [1.54, 1.807) is 0 Å². The minimum atomic E-state index is 0.575. The summed E-state index contributed by atoms with van der Waals surface area (Å²) in [6, 6.07) is 1.48. The molecular weight excluding hydrogens is 146 g/mol. The van der Waals surface area contributed by atoms with Gasteiger partial charge in [0.1, 0.15) is 0 Å². The van der Waals surface area contributed by atoms with E-state index in [0.29, 0.717) is 11.5 Å². The maximum Gasteiger partial charge on any atom is 0.0127 e. The molecule has 0 heterocycles. The first kappa shape index (κ1) is 10.0. The smallest absolute Gasteiger partial charge is 0.0127 e. The van der Waals surface area contributed by atoms with Crippen LogP contribution in [0.4, 0.5) is 0 Å². The third kappa shape index (κ3) is 2.78. The molecule has 0 radical (unpaired) electrons. The molecule has 0 aromatic rings. The second-order valence-corrected chi connectivity index (χ2v) is 5.44. The summed E-state index contributed by atoms with van der Waals surface area (Å²) in [6.07, 6.45) is 2.65. The maximum absolute atomic E-state index is 3.68. The van der Waals surface area contributed by atoms with Crippen LogP contribution in [0.3, 0.4) is 0 Å². The molecule has 0 aliphatic heterocycles. The Kier molecular flexibility index (Phi) is 2.82. The van der Waals surface area contributed by atoms with Crippen LogP contribution in [0, 0.1) is 11.3 Å². The van der Waals surface area contributed by atoms with E-state index in [2.05, 4.69) is 39.9 Å². The fraction of sp³-hybridized carbons (Fsp3) is 1.00. The first-order valence-corrected chi connectivity index (χ1v) is 5.18. The maximum atomic E-state index is 3.68. The molecule has 1 fully saturated rings. The van der Waals surface area contributed by atoms with Crippen molar-refractivity contribution in [1.82, 2.24) is 5.32 Å². The van der Waals surface area contributed by atoms with Gasteiger partial charge in [-0.25, -0.2) is 0 Å². The van der Waals surface area contributed by atoms with Crippen LogP contribution < -0.4 is 5.32 Å². The van der Waals surface area contributed by atoms with Gasteiger partial charge in [-0.2, -0.15) is 0 Å². The third-order valence-corrected chi connectivity index (χ3v) is 2.82. The lowest BCUT2D eigenvalue weighted by Gasteiger charge is -2.16. The monoisotopic (exact) mass is 169 g/mol. The summed E-state index contributed by atoms with van der Waals surface area (Å²) in [7, 11) is 0. The van der Waals surface area contributed by atoms with Crippen molar-refractivity contribution in [2.45, 2.75) is 59.5 Å². The predicted octanol–water partition coefficient (Wildman–Crippen LogP) is 2.81. The summed E-state index contributed by atoms with van der Waals surface area (Å²) in [4.78, 5) is 0. The molecular formula is C11H23N. The van der Waals surface area contributed by atoms with E-state index in [0.717, 1.165) is 12.0 Å². The van der Waals surface area contributed by atoms with Crippen LogP contribution in [0.15, 0.2) is 0 Å². The molecule has 2 atom stereocenters. The molecule has 1 heteroatoms. The minimum absolute atomic E-state index is 0.575. The second-order valence-electron chi connectivity index (χ2n) is 5.44. The number of hydrogen-bond donors (Lipinski definition) is 1. The molecule has 72 valence electrons. The molecule has 0 saturated heterocycles. The zero-order valence-corrected chi connectivity index (χ0v) is 9.15. The average molecular weight is 169 g/mol. The summed E-state index contributed by atoms with van der Waals surface area (Å²) >= 11 is 0. The van der Waals surface area contributed by atoms with E-state index < -0.39 is 0 Å². The van der Waals surface area contributed by atoms with Gasteiger partial charge in [0.2, 0.25) is 0 Å². The fourth-order valence-electron chi connectivity index (χ4n) is 1.87. The highest BCUT2D eigenvalue weighted by Crippen LogP contribution is 2.44. The van der Waals surface area contributed by atoms with Crippen molar-refractivity contribution in [3.63, 3.8) is 0 Å². The van der Waals surface area contributed by atoms with Crippen molar-refractivity contribution < 1.29 is 0 Å². The summed E-state index contributed by atoms with van der Waals surface area (Å²) in [5.41, 5.74) is 0.575. The number of nitrogens with one attached hydrogen (secondary N) is 1. The van der Waals surface area contributed by atoms with Crippen LogP contribution in [-0.2, 0) is 0 Å².